The molecule has 0 radical (unpaired) electrons. The van der Waals surface area contributed by atoms with Crippen molar-refractivity contribution >= 4 is 5.97 Å². The summed E-state index contributed by atoms with van der Waals surface area (Å²) in [5.74, 6) is -0.111. The summed E-state index contributed by atoms with van der Waals surface area (Å²) in [5, 5.41) is 5.17. The molecule has 0 aliphatic heterocycles. The number of carbonyl (C=O) groups is 1. The topological polar surface area (TPSA) is 44.1 Å². The Hall–Kier alpha value is -3.66. The minimum Gasteiger partial charge on any atom is -0.469 e. The molecule has 0 unspecified atom stereocenters. The maximum Gasteiger partial charge on any atom is 0.305 e. The third kappa shape index (κ3) is 6.48. The highest BCUT2D eigenvalue weighted by molar-refractivity contribution is 5.91. The molecule has 4 aromatic rings. The SMILES string of the molecule is COC(=O)CCCCCCCCn1nc(-c2ccccc2)c(-c2ccccc2)c1-c1ccccc1. The van der Waals surface area contributed by atoms with Crippen LogP contribution in [0.3, 0.4) is 0 Å². The number of methoxy groups -OCH3 is 1. The first-order valence-corrected chi connectivity index (χ1v) is 12.6. The van der Waals surface area contributed by atoms with Crippen molar-refractivity contribution in [2.45, 2.75) is 51.5 Å². The van der Waals surface area contributed by atoms with Crippen molar-refractivity contribution in [1.82, 2.24) is 9.78 Å². The number of nitrogens with zero attached hydrogens (tertiary/aromatic N) is 2. The van der Waals surface area contributed by atoms with E-state index >= 15 is 0 Å². The number of aromatic nitrogens is 2. The van der Waals surface area contributed by atoms with Crippen LogP contribution in [-0.4, -0.2) is 22.9 Å². The Kier molecular flexibility index (Phi) is 8.88. The lowest BCUT2D eigenvalue weighted by Crippen LogP contribution is -2.03. The van der Waals surface area contributed by atoms with Crippen molar-refractivity contribution in [2.24, 2.45) is 0 Å². The van der Waals surface area contributed by atoms with Crippen LogP contribution in [0.2, 0.25) is 0 Å². The van der Waals surface area contributed by atoms with Gasteiger partial charge in [0.2, 0.25) is 0 Å². The Morgan fingerprint density at radius 3 is 1.80 bits per heavy atom. The summed E-state index contributed by atoms with van der Waals surface area (Å²) in [6.45, 7) is 0.874. The molecule has 180 valence electrons. The molecule has 0 aliphatic carbocycles. The van der Waals surface area contributed by atoms with Crippen molar-refractivity contribution in [3.63, 3.8) is 0 Å². The van der Waals surface area contributed by atoms with Crippen LogP contribution in [0, 0.1) is 0 Å². The first kappa shape index (κ1) is 24.5. The number of ether oxygens (including phenoxy) is 1. The Labute approximate surface area is 208 Å². The first-order valence-electron chi connectivity index (χ1n) is 12.6. The average molecular weight is 467 g/mol. The Morgan fingerprint density at radius 2 is 1.20 bits per heavy atom. The van der Waals surface area contributed by atoms with E-state index in [-0.39, 0.29) is 5.97 Å². The summed E-state index contributed by atoms with van der Waals surface area (Å²) >= 11 is 0. The number of hydrogen-bond acceptors (Lipinski definition) is 3. The van der Waals surface area contributed by atoms with Gasteiger partial charge in [-0.1, -0.05) is 117 Å². The fourth-order valence-electron chi connectivity index (χ4n) is 4.53. The first-order chi connectivity index (χ1) is 17.3. The van der Waals surface area contributed by atoms with Gasteiger partial charge in [0.25, 0.3) is 0 Å². The highest BCUT2D eigenvalue weighted by atomic mass is 16.5. The van der Waals surface area contributed by atoms with E-state index in [1.54, 1.807) is 0 Å². The quantitative estimate of drug-likeness (QED) is 0.158. The largest absolute Gasteiger partial charge is 0.469 e. The molecule has 4 heteroatoms. The van der Waals surface area contributed by atoms with E-state index < -0.39 is 0 Å². The number of benzene rings is 3. The summed E-state index contributed by atoms with van der Waals surface area (Å²) in [7, 11) is 1.45. The normalized spacial score (nSPS) is 10.9. The highest BCUT2D eigenvalue weighted by Crippen LogP contribution is 2.40. The monoisotopic (exact) mass is 466 g/mol. The zero-order valence-electron chi connectivity index (χ0n) is 20.5. The zero-order valence-corrected chi connectivity index (χ0v) is 20.5. The lowest BCUT2D eigenvalue weighted by Gasteiger charge is -2.11. The van der Waals surface area contributed by atoms with Crippen molar-refractivity contribution in [1.29, 1.82) is 0 Å². The van der Waals surface area contributed by atoms with Crippen molar-refractivity contribution in [2.75, 3.05) is 7.11 Å². The van der Waals surface area contributed by atoms with Crippen LogP contribution in [0.15, 0.2) is 91.0 Å². The standard InChI is InChI=1S/C31H34N2O2/c1-35-28(34)23-15-4-2-3-5-16-24-33-31(27-21-13-8-14-22-27)29(25-17-9-6-10-18-25)30(32-33)26-19-11-7-12-20-26/h6-14,17-22H,2-5,15-16,23-24H2,1H3. The molecule has 0 N–H and O–H groups in total. The van der Waals surface area contributed by atoms with Gasteiger partial charge in [-0.15, -0.1) is 0 Å². The number of aryl methyl sites for hydroxylation is 1. The predicted molar refractivity (Wildman–Crippen MR) is 143 cm³/mol. The molecular weight excluding hydrogens is 432 g/mol. The predicted octanol–water partition coefficient (Wildman–Crippen LogP) is 7.79. The van der Waals surface area contributed by atoms with Gasteiger partial charge < -0.3 is 4.74 Å². The number of esters is 1. The van der Waals surface area contributed by atoms with Crippen LogP contribution >= 0.6 is 0 Å². The van der Waals surface area contributed by atoms with E-state index in [0.717, 1.165) is 49.9 Å². The van der Waals surface area contributed by atoms with Crippen LogP contribution in [-0.2, 0) is 16.1 Å². The van der Waals surface area contributed by atoms with Gasteiger partial charge in [0.1, 0.15) is 5.69 Å². The lowest BCUT2D eigenvalue weighted by molar-refractivity contribution is -0.140. The molecule has 0 amide bonds. The van der Waals surface area contributed by atoms with Gasteiger partial charge in [-0.2, -0.15) is 5.10 Å². The fourth-order valence-corrected chi connectivity index (χ4v) is 4.53. The van der Waals surface area contributed by atoms with E-state index in [1.165, 1.54) is 35.9 Å². The summed E-state index contributed by atoms with van der Waals surface area (Å²) in [6.07, 6.45) is 7.03. The highest BCUT2D eigenvalue weighted by Gasteiger charge is 2.21. The van der Waals surface area contributed by atoms with Crippen LogP contribution in [0.5, 0.6) is 0 Å². The van der Waals surface area contributed by atoms with Crippen LogP contribution in [0.1, 0.15) is 44.9 Å². The van der Waals surface area contributed by atoms with Gasteiger partial charge in [-0.25, -0.2) is 0 Å². The summed E-state index contributed by atoms with van der Waals surface area (Å²) in [6, 6.07) is 31.7. The number of rotatable bonds is 12. The molecular formula is C31H34N2O2. The molecule has 0 fully saturated rings. The van der Waals surface area contributed by atoms with Gasteiger partial charge >= 0.3 is 5.97 Å². The molecule has 0 aliphatic rings. The van der Waals surface area contributed by atoms with Crippen molar-refractivity contribution < 1.29 is 9.53 Å². The maximum atomic E-state index is 11.3. The van der Waals surface area contributed by atoms with Gasteiger partial charge in [-0.05, 0) is 18.4 Å². The van der Waals surface area contributed by atoms with Gasteiger partial charge in [0.15, 0.2) is 0 Å². The third-order valence-corrected chi connectivity index (χ3v) is 6.34. The second-order valence-electron chi connectivity index (χ2n) is 8.84. The van der Waals surface area contributed by atoms with Gasteiger partial charge in [0.05, 0.1) is 12.8 Å². The number of unbranched alkanes of at least 4 members (excludes halogenated alkanes) is 5. The summed E-state index contributed by atoms with van der Waals surface area (Å²) in [5.41, 5.74) is 6.89. The van der Waals surface area contributed by atoms with Crippen LogP contribution < -0.4 is 0 Å². The summed E-state index contributed by atoms with van der Waals surface area (Å²) < 4.78 is 6.92. The van der Waals surface area contributed by atoms with Gasteiger partial charge in [0, 0.05) is 29.7 Å². The Bertz CT molecular complexity index is 1180. The molecule has 0 saturated heterocycles. The average Bonchev–Trinajstić information content (AvgIpc) is 3.31. The number of hydrogen-bond donors (Lipinski definition) is 0. The lowest BCUT2D eigenvalue weighted by atomic mass is 9.96. The Morgan fingerprint density at radius 1 is 0.686 bits per heavy atom. The minimum atomic E-state index is -0.111. The second kappa shape index (κ2) is 12.7. The van der Waals surface area contributed by atoms with E-state index in [2.05, 4.69) is 89.6 Å². The van der Waals surface area contributed by atoms with E-state index in [1.807, 2.05) is 6.07 Å². The Balaban J connectivity index is 1.56. The smallest absolute Gasteiger partial charge is 0.305 e. The molecule has 0 saturated carbocycles. The second-order valence-corrected chi connectivity index (χ2v) is 8.84. The molecule has 1 heterocycles. The van der Waals surface area contributed by atoms with Crippen LogP contribution in [0.4, 0.5) is 0 Å². The minimum absolute atomic E-state index is 0.111. The molecule has 4 rings (SSSR count). The molecule has 0 spiro atoms. The van der Waals surface area contributed by atoms with E-state index in [9.17, 15) is 4.79 Å². The van der Waals surface area contributed by atoms with Crippen molar-refractivity contribution in [3.8, 4) is 33.6 Å². The van der Waals surface area contributed by atoms with Crippen molar-refractivity contribution in [3.05, 3.63) is 91.0 Å². The molecule has 0 bridgehead atoms. The van der Waals surface area contributed by atoms with Crippen LogP contribution in [0.25, 0.3) is 33.6 Å². The molecule has 4 nitrogen and oxygen atoms in total. The summed E-state index contributed by atoms with van der Waals surface area (Å²) in [4.78, 5) is 11.3. The van der Waals surface area contributed by atoms with Gasteiger partial charge in [-0.3, -0.25) is 9.48 Å². The molecule has 1 aromatic heterocycles. The third-order valence-electron chi connectivity index (χ3n) is 6.34. The molecule has 35 heavy (non-hydrogen) atoms. The van der Waals surface area contributed by atoms with E-state index in [0.29, 0.717) is 6.42 Å². The van der Waals surface area contributed by atoms with E-state index in [4.69, 9.17) is 9.84 Å². The number of carbonyl (C=O) groups excluding carboxylic acids is 1. The molecule has 0 atom stereocenters. The maximum absolute atomic E-state index is 11.3. The fraction of sp³-hybridized carbons (Fsp3) is 0.290. The molecule has 3 aromatic carbocycles. The zero-order chi connectivity index (χ0) is 24.3.